The molecule has 0 saturated carbocycles. The van der Waals surface area contributed by atoms with Crippen LogP contribution in [-0.2, 0) is 16.0 Å². The van der Waals surface area contributed by atoms with Gasteiger partial charge in [0.05, 0.1) is 33.8 Å². The summed E-state index contributed by atoms with van der Waals surface area (Å²) >= 11 is 4.40. The highest BCUT2D eigenvalue weighted by Gasteiger charge is 2.40. The third-order valence-corrected chi connectivity index (χ3v) is 6.36. The zero-order chi connectivity index (χ0) is 19.3. The van der Waals surface area contributed by atoms with Crippen LogP contribution in [-0.4, -0.2) is 31.2 Å². The Balaban J connectivity index is 2.20. The number of rotatable bonds is 3. The van der Waals surface area contributed by atoms with Crippen molar-refractivity contribution in [2.45, 2.75) is 24.2 Å². The normalized spacial score (nSPS) is 17.5. The molecule has 1 unspecified atom stereocenters. The Labute approximate surface area is 154 Å². The first-order chi connectivity index (χ1) is 12.1. The summed E-state index contributed by atoms with van der Waals surface area (Å²) in [5, 5.41) is 0. The molecule has 0 amide bonds. The van der Waals surface area contributed by atoms with Crippen molar-refractivity contribution in [2.24, 2.45) is 0 Å². The van der Waals surface area contributed by atoms with Gasteiger partial charge in [-0.25, -0.2) is 8.42 Å². The van der Waals surface area contributed by atoms with E-state index < -0.39 is 32.6 Å². The second kappa shape index (κ2) is 6.31. The van der Waals surface area contributed by atoms with Gasteiger partial charge in [0, 0.05) is 19.4 Å². The molecule has 6 nitrogen and oxygen atoms in total. The van der Waals surface area contributed by atoms with E-state index in [9.17, 15) is 21.6 Å². The Morgan fingerprint density at radius 2 is 1.96 bits per heavy atom. The number of hydrogen-bond acceptors (Lipinski definition) is 7. The number of anilines is 2. The smallest absolute Gasteiger partial charge is 0.346 e. The summed E-state index contributed by atoms with van der Waals surface area (Å²) in [6, 6.07) is 2.31. The van der Waals surface area contributed by atoms with Crippen molar-refractivity contribution in [3.8, 4) is 0 Å². The number of nitrogens with zero attached hydrogens (tertiary/aromatic N) is 4. The first-order valence-electron chi connectivity index (χ1n) is 7.52. The van der Waals surface area contributed by atoms with E-state index >= 15 is 0 Å². The fourth-order valence-corrected chi connectivity index (χ4v) is 4.31. The monoisotopic (exact) mass is 404 g/mol. The summed E-state index contributed by atoms with van der Waals surface area (Å²) in [7, 11) is -2.28. The highest BCUT2D eigenvalue weighted by atomic mass is 32.2. The maximum absolute atomic E-state index is 13.1. The third kappa shape index (κ3) is 2.98. The van der Waals surface area contributed by atoms with E-state index in [2.05, 4.69) is 22.8 Å². The van der Waals surface area contributed by atoms with Gasteiger partial charge in [0.25, 0.3) is 0 Å². The lowest BCUT2D eigenvalue weighted by Crippen LogP contribution is -2.30. The highest BCUT2D eigenvalue weighted by Crippen LogP contribution is 2.47. The molecule has 140 valence electrons. The van der Waals surface area contributed by atoms with Crippen molar-refractivity contribution >= 4 is 34.0 Å². The minimum absolute atomic E-state index is 0.0199. The SMILES string of the molecule is CCS(=O)(=O)c1cc(C(F)(F)F)cnc1C1N(C)c2cnccc2N1S. The summed E-state index contributed by atoms with van der Waals surface area (Å²) in [4.78, 5) is 9.10. The fourth-order valence-electron chi connectivity index (χ4n) is 2.78. The van der Waals surface area contributed by atoms with Crippen molar-refractivity contribution in [2.75, 3.05) is 22.0 Å². The Bertz CT molecular complexity index is 921. The molecule has 0 fully saturated rings. The van der Waals surface area contributed by atoms with Gasteiger partial charge in [-0.1, -0.05) is 19.7 Å². The first-order valence-corrected chi connectivity index (χ1v) is 9.58. The molecule has 3 heterocycles. The molecule has 2 aromatic rings. The maximum atomic E-state index is 13.1. The van der Waals surface area contributed by atoms with E-state index in [-0.39, 0.29) is 11.4 Å². The molecule has 1 aliphatic heterocycles. The molecule has 3 rings (SSSR count). The van der Waals surface area contributed by atoms with Crippen molar-refractivity contribution in [1.29, 1.82) is 0 Å². The predicted octanol–water partition coefficient (Wildman–Crippen LogP) is 3.09. The van der Waals surface area contributed by atoms with E-state index in [1.807, 2.05) is 0 Å². The van der Waals surface area contributed by atoms with Crippen molar-refractivity contribution in [3.63, 3.8) is 0 Å². The zero-order valence-electron chi connectivity index (χ0n) is 13.8. The molecule has 1 aliphatic rings. The van der Waals surface area contributed by atoms with Crippen molar-refractivity contribution in [1.82, 2.24) is 9.97 Å². The van der Waals surface area contributed by atoms with Crippen molar-refractivity contribution < 1.29 is 21.6 Å². The van der Waals surface area contributed by atoms with Gasteiger partial charge in [0.2, 0.25) is 0 Å². The topological polar surface area (TPSA) is 66.4 Å². The van der Waals surface area contributed by atoms with Gasteiger partial charge in [-0.15, -0.1) is 0 Å². The van der Waals surface area contributed by atoms with Gasteiger partial charge in [0.1, 0.15) is 5.69 Å². The molecular weight excluding hydrogens is 389 g/mol. The number of thiol groups is 1. The molecule has 0 spiro atoms. The minimum Gasteiger partial charge on any atom is -0.346 e. The van der Waals surface area contributed by atoms with E-state index in [1.54, 1.807) is 30.4 Å². The Morgan fingerprint density at radius 3 is 2.54 bits per heavy atom. The second-order valence-corrected chi connectivity index (χ2v) is 8.38. The van der Waals surface area contributed by atoms with Crippen LogP contribution in [0.5, 0.6) is 0 Å². The fraction of sp³-hybridized carbons (Fsp3) is 0.333. The average molecular weight is 404 g/mol. The van der Waals surface area contributed by atoms with E-state index in [1.165, 1.54) is 11.2 Å². The van der Waals surface area contributed by atoms with Crippen LogP contribution in [0.25, 0.3) is 0 Å². The molecule has 0 aliphatic carbocycles. The lowest BCUT2D eigenvalue weighted by atomic mass is 10.2. The van der Waals surface area contributed by atoms with E-state index in [0.29, 0.717) is 23.6 Å². The van der Waals surface area contributed by atoms with Gasteiger partial charge in [-0.2, -0.15) is 13.2 Å². The van der Waals surface area contributed by atoms with E-state index in [0.717, 1.165) is 0 Å². The summed E-state index contributed by atoms with van der Waals surface area (Å²) < 4.78 is 65.6. The van der Waals surface area contributed by atoms with Crippen LogP contribution in [0.4, 0.5) is 24.5 Å². The van der Waals surface area contributed by atoms with Crippen LogP contribution >= 0.6 is 12.8 Å². The van der Waals surface area contributed by atoms with Crippen LogP contribution in [0.1, 0.15) is 24.3 Å². The summed E-state index contributed by atoms with van der Waals surface area (Å²) in [6.07, 6.45) is -1.74. The summed E-state index contributed by atoms with van der Waals surface area (Å²) in [6.45, 7) is 1.37. The number of aromatic nitrogens is 2. The number of halogens is 3. The third-order valence-electron chi connectivity index (χ3n) is 4.17. The average Bonchev–Trinajstić information content (AvgIpc) is 2.85. The van der Waals surface area contributed by atoms with Gasteiger partial charge < -0.3 is 4.90 Å². The maximum Gasteiger partial charge on any atom is 0.417 e. The van der Waals surface area contributed by atoms with Crippen molar-refractivity contribution in [3.05, 3.63) is 42.0 Å². The predicted molar refractivity (Wildman–Crippen MR) is 93.8 cm³/mol. The Kier molecular flexibility index (Phi) is 4.55. The Hall–Kier alpha value is -2.01. The van der Waals surface area contributed by atoms with Gasteiger partial charge >= 0.3 is 6.18 Å². The van der Waals surface area contributed by atoms with Gasteiger partial charge in [-0.3, -0.25) is 14.3 Å². The second-order valence-electron chi connectivity index (χ2n) is 5.70. The lowest BCUT2D eigenvalue weighted by molar-refractivity contribution is -0.138. The van der Waals surface area contributed by atoms with Crippen LogP contribution in [0.15, 0.2) is 35.6 Å². The number of fused-ring (bicyclic) bond motifs is 1. The molecule has 26 heavy (non-hydrogen) atoms. The molecule has 0 saturated heterocycles. The van der Waals surface area contributed by atoms with Crippen LogP contribution in [0.2, 0.25) is 0 Å². The molecule has 0 radical (unpaired) electrons. The molecule has 1 atom stereocenters. The van der Waals surface area contributed by atoms with Gasteiger partial charge in [0.15, 0.2) is 16.0 Å². The van der Waals surface area contributed by atoms with Crippen LogP contribution in [0, 0.1) is 0 Å². The zero-order valence-corrected chi connectivity index (χ0v) is 15.5. The number of sulfone groups is 1. The van der Waals surface area contributed by atoms with Crippen LogP contribution in [0.3, 0.4) is 0 Å². The summed E-state index contributed by atoms with van der Waals surface area (Å²) in [5.74, 6) is -0.347. The highest BCUT2D eigenvalue weighted by molar-refractivity contribution is 7.91. The first kappa shape index (κ1) is 18.8. The molecule has 0 bridgehead atoms. The number of alkyl halides is 3. The minimum atomic E-state index is -4.70. The molecule has 11 heteroatoms. The number of hydrogen-bond donors (Lipinski definition) is 1. The largest absolute Gasteiger partial charge is 0.417 e. The molecule has 0 N–H and O–H groups in total. The van der Waals surface area contributed by atoms with Gasteiger partial charge in [-0.05, 0) is 12.1 Å². The molecular formula is C15H15F3N4O2S2. The Morgan fingerprint density at radius 1 is 1.27 bits per heavy atom. The van der Waals surface area contributed by atoms with E-state index in [4.69, 9.17) is 0 Å². The van der Waals surface area contributed by atoms with Crippen LogP contribution < -0.4 is 9.21 Å². The quantitative estimate of drug-likeness (QED) is 0.793. The molecule has 0 aromatic carbocycles. The standard InChI is InChI=1S/C15H15F3N4O2S2/c1-3-26(23,24)12-6-9(15(16,17)18)7-20-13(12)14-21(2)11-8-19-5-4-10(11)22(14)25/h4-8,14,25H,3H2,1-2H3. The number of pyridine rings is 2. The lowest BCUT2D eigenvalue weighted by Gasteiger charge is -2.28. The summed E-state index contributed by atoms with van der Waals surface area (Å²) in [5.41, 5.74) is 0.179. The molecule has 2 aromatic heterocycles.